The van der Waals surface area contributed by atoms with Gasteiger partial charge in [0.2, 0.25) is 0 Å². The Labute approximate surface area is 102 Å². The van der Waals surface area contributed by atoms with Crippen molar-refractivity contribution >= 4 is 0 Å². The minimum Gasteiger partial charge on any atom is -0.204 e. The summed E-state index contributed by atoms with van der Waals surface area (Å²) in [6.45, 7) is 1.41. The Hall–Kier alpha value is -1.13. The summed E-state index contributed by atoms with van der Waals surface area (Å²) < 4.78 is 64.0. The molecule has 18 heavy (non-hydrogen) atoms. The summed E-state index contributed by atoms with van der Waals surface area (Å²) in [5.74, 6) is -3.56. The van der Waals surface area contributed by atoms with Crippen LogP contribution in [0.1, 0.15) is 36.3 Å². The minimum atomic E-state index is -4.19. The minimum absolute atomic E-state index is 0.0323. The van der Waals surface area contributed by atoms with Crippen LogP contribution in [0.3, 0.4) is 0 Å². The fourth-order valence-corrected chi connectivity index (χ4v) is 2.67. The van der Waals surface area contributed by atoms with Crippen molar-refractivity contribution in [2.24, 2.45) is 5.92 Å². The van der Waals surface area contributed by atoms with Gasteiger partial charge in [-0.05, 0) is 49.3 Å². The van der Waals surface area contributed by atoms with Crippen molar-refractivity contribution < 1.29 is 22.0 Å². The molecule has 2 rings (SSSR count). The molecule has 1 fully saturated rings. The summed E-state index contributed by atoms with van der Waals surface area (Å²) in [4.78, 5) is 0. The smallest absolute Gasteiger partial charge is 0.204 e. The van der Waals surface area contributed by atoms with Crippen LogP contribution in [0.15, 0.2) is 12.1 Å². The molecule has 1 aromatic carbocycles. The molecule has 1 unspecified atom stereocenters. The molecule has 5 heteroatoms. The Kier molecular flexibility index (Phi) is 3.34. The Morgan fingerprint density at radius 3 is 2.33 bits per heavy atom. The molecule has 1 aliphatic carbocycles. The second kappa shape index (κ2) is 4.52. The highest BCUT2D eigenvalue weighted by Gasteiger charge is 2.44. The summed E-state index contributed by atoms with van der Waals surface area (Å²) in [5.41, 5.74) is 0.628. The van der Waals surface area contributed by atoms with Gasteiger partial charge in [-0.3, -0.25) is 0 Å². The molecule has 0 saturated heterocycles. The highest BCUT2D eigenvalue weighted by molar-refractivity contribution is 5.32. The monoisotopic (exact) mass is 264 g/mol. The molecule has 0 heterocycles. The molecule has 1 saturated carbocycles. The largest absolute Gasteiger partial charge is 0.391 e. The van der Waals surface area contributed by atoms with Crippen LogP contribution in [0.2, 0.25) is 0 Å². The quantitative estimate of drug-likeness (QED) is 0.644. The van der Waals surface area contributed by atoms with Gasteiger partial charge in [-0.25, -0.2) is 8.78 Å². The van der Waals surface area contributed by atoms with E-state index in [1.165, 1.54) is 13.0 Å². The third-order valence-electron chi connectivity index (χ3n) is 3.72. The van der Waals surface area contributed by atoms with E-state index in [2.05, 4.69) is 0 Å². The van der Waals surface area contributed by atoms with Gasteiger partial charge in [-0.1, -0.05) is 6.07 Å². The van der Waals surface area contributed by atoms with Crippen LogP contribution in [0.5, 0.6) is 0 Å². The average molecular weight is 264 g/mol. The fourth-order valence-electron chi connectivity index (χ4n) is 2.67. The topological polar surface area (TPSA) is 0 Å². The van der Waals surface area contributed by atoms with Crippen LogP contribution in [0.4, 0.5) is 22.0 Å². The summed E-state index contributed by atoms with van der Waals surface area (Å²) in [7, 11) is 0. The molecular formula is C13H13F5. The van der Waals surface area contributed by atoms with Gasteiger partial charge >= 0.3 is 6.18 Å². The average Bonchev–Trinajstić information content (AvgIpc) is 2.75. The lowest BCUT2D eigenvalue weighted by atomic mass is 9.92. The van der Waals surface area contributed by atoms with Crippen molar-refractivity contribution in [1.82, 2.24) is 0 Å². The highest BCUT2D eigenvalue weighted by atomic mass is 19.4. The maximum atomic E-state index is 13.4. The van der Waals surface area contributed by atoms with E-state index in [1.54, 1.807) is 0 Å². The number of halogens is 5. The predicted molar refractivity (Wildman–Crippen MR) is 57.2 cm³/mol. The number of benzene rings is 1. The predicted octanol–water partition coefficient (Wildman–Crippen LogP) is 4.72. The van der Waals surface area contributed by atoms with E-state index in [-0.39, 0.29) is 24.3 Å². The maximum Gasteiger partial charge on any atom is 0.391 e. The molecule has 1 aromatic rings. The Morgan fingerprint density at radius 1 is 1.11 bits per heavy atom. The summed E-state index contributed by atoms with van der Waals surface area (Å²) in [6, 6.07) is 2.38. The van der Waals surface area contributed by atoms with Crippen LogP contribution in [-0.2, 0) is 0 Å². The molecule has 1 aliphatic rings. The second-order valence-electron chi connectivity index (χ2n) is 4.82. The van der Waals surface area contributed by atoms with Crippen molar-refractivity contribution in [1.29, 1.82) is 0 Å². The maximum absolute atomic E-state index is 13.4. The fraction of sp³-hybridized carbons (Fsp3) is 0.538. The van der Waals surface area contributed by atoms with Gasteiger partial charge in [-0.15, -0.1) is 0 Å². The van der Waals surface area contributed by atoms with Crippen molar-refractivity contribution in [2.45, 2.75) is 38.3 Å². The molecule has 0 aliphatic heterocycles. The third kappa shape index (κ3) is 2.35. The lowest BCUT2D eigenvalue weighted by Crippen LogP contribution is -2.19. The molecule has 2 atom stereocenters. The second-order valence-corrected chi connectivity index (χ2v) is 4.82. The van der Waals surface area contributed by atoms with Crippen LogP contribution >= 0.6 is 0 Å². The zero-order chi connectivity index (χ0) is 13.5. The molecule has 0 radical (unpaired) electrons. The SMILES string of the molecule is Cc1c([C@@H]2CCC(C(F)(F)F)C2)ccc(F)c1F. The molecule has 0 aromatic heterocycles. The highest BCUT2D eigenvalue weighted by Crippen LogP contribution is 2.46. The Morgan fingerprint density at radius 2 is 1.78 bits per heavy atom. The number of hydrogen-bond acceptors (Lipinski definition) is 0. The van der Waals surface area contributed by atoms with Crippen molar-refractivity contribution in [3.8, 4) is 0 Å². The Balaban J connectivity index is 2.23. The van der Waals surface area contributed by atoms with Crippen LogP contribution in [-0.4, -0.2) is 6.18 Å². The van der Waals surface area contributed by atoms with Crippen molar-refractivity contribution in [3.05, 3.63) is 34.9 Å². The van der Waals surface area contributed by atoms with Crippen molar-refractivity contribution in [2.75, 3.05) is 0 Å². The van der Waals surface area contributed by atoms with Crippen molar-refractivity contribution in [3.63, 3.8) is 0 Å². The van der Waals surface area contributed by atoms with E-state index >= 15 is 0 Å². The van der Waals surface area contributed by atoms with Gasteiger partial charge in [0.1, 0.15) is 0 Å². The van der Waals surface area contributed by atoms with E-state index in [4.69, 9.17) is 0 Å². The van der Waals surface area contributed by atoms with E-state index in [1.807, 2.05) is 0 Å². The van der Waals surface area contributed by atoms with Crippen LogP contribution in [0, 0.1) is 24.5 Å². The molecular weight excluding hydrogens is 251 g/mol. The molecule has 0 nitrogen and oxygen atoms in total. The molecule has 0 N–H and O–H groups in total. The normalized spacial score (nSPS) is 24.6. The first kappa shape index (κ1) is 13.3. The molecule has 100 valence electrons. The number of alkyl halides is 3. The van der Waals surface area contributed by atoms with Gasteiger partial charge in [0, 0.05) is 0 Å². The lowest BCUT2D eigenvalue weighted by Gasteiger charge is -2.16. The summed E-state index contributed by atoms with van der Waals surface area (Å²) in [5, 5.41) is 0. The van der Waals surface area contributed by atoms with Crippen LogP contribution in [0.25, 0.3) is 0 Å². The Bertz CT molecular complexity index is 449. The zero-order valence-electron chi connectivity index (χ0n) is 9.82. The van der Waals surface area contributed by atoms with Gasteiger partial charge in [-0.2, -0.15) is 13.2 Å². The lowest BCUT2D eigenvalue weighted by molar-refractivity contribution is -0.172. The third-order valence-corrected chi connectivity index (χ3v) is 3.72. The molecule has 0 bridgehead atoms. The first-order valence-corrected chi connectivity index (χ1v) is 5.82. The summed E-state index contributed by atoms with van der Waals surface area (Å²) >= 11 is 0. The number of rotatable bonds is 1. The van der Waals surface area contributed by atoms with Gasteiger partial charge < -0.3 is 0 Å². The van der Waals surface area contributed by atoms with E-state index in [0.29, 0.717) is 12.0 Å². The van der Waals surface area contributed by atoms with Gasteiger partial charge in [0.05, 0.1) is 5.92 Å². The molecule has 0 spiro atoms. The summed E-state index contributed by atoms with van der Waals surface area (Å²) in [6.07, 6.45) is -3.79. The first-order chi connectivity index (χ1) is 8.30. The van der Waals surface area contributed by atoms with E-state index in [9.17, 15) is 22.0 Å². The van der Waals surface area contributed by atoms with E-state index < -0.39 is 23.7 Å². The van der Waals surface area contributed by atoms with Gasteiger partial charge in [0.15, 0.2) is 11.6 Å². The van der Waals surface area contributed by atoms with E-state index in [0.717, 1.165) is 6.07 Å². The zero-order valence-corrected chi connectivity index (χ0v) is 9.82. The van der Waals surface area contributed by atoms with Gasteiger partial charge in [0.25, 0.3) is 0 Å². The van der Waals surface area contributed by atoms with Crippen LogP contribution < -0.4 is 0 Å². The standard InChI is InChI=1S/C13H13F5/c1-7-10(4-5-11(14)12(7)15)8-2-3-9(6-8)13(16,17)18/h4-5,8-9H,2-3,6H2,1H3/t8-,9?/m1/s1. The number of hydrogen-bond donors (Lipinski definition) is 0. The molecule has 0 amide bonds. The first-order valence-electron chi connectivity index (χ1n) is 5.82.